The van der Waals surface area contributed by atoms with Crippen molar-refractivity contribution >= 4 is 23.2 Å². The van der Waals surface area contributed by atoms with Gasteiger partial charge < -0.3 is 14.9 Å². The Kier molecular flexibility index (Phi) is 5.65. The Hall–Kier alpha value is -2.71. The molecule has 1 heterocycles. The third-order valence-corrected chi connectivity index (χ3v) is 4.90. The zero-order chi connectivity index (χ0) is 18.5. The number of halogens is 1. The van der Waals surface area contributed by atoms with Crippen molar-refractivity contribution in [1.29, 1.82) is 5.26 Å². The van der Waals surface area contributed by atoms with Crippen LogP contribution in [0.25, 0.3) is 0 Å². The first kappa shape index (κ1) is 18.1. The van der Waals surface area contributed by atoms with Gasteiger partial charge in [-0.2, -0.15) is 5.26 Å². The third kappa shape index (κ3) is 4.27. The Morgan fingerprint density at radius 1 is 1.31 bits per heavy atom. The highest BCUT2D eigenvalue weighted by molar-refractivity contribution is 6.30. The molecule has 1 N–H and O–H groups in total. The lowest BCUT2D eigenvalue weighted by Gasteiger charge is -2.25. The summed E-state index contributed by atoms with van der Waals surface area (Å²) >= 11 is 6.03. The fraction of sp³-hybridized carbons (Fsp3) is 0.300. The van der Waals surface area contributed by atoms with Crippen molar-refractivity contribution in [2.24, 2.45) is 0 Å². The van der Waals surface area contributed by atoms with Gasteiger partial charge in [-0.3, -0.25) is 4.79 Å². The average Bonchev–Trinajstić information content (AvgIpc) is 3.12. The van der Waals surface area contributed by atoms with Crippen LogP contribution in [0.3, 0.4) is 0 Å². The molecule has 2 aromatic carbocycles. The molecule has 0 bridgehead atoms. The minimum atomic E-state index is 0.00139. The van der Waals surface area contributed by atoms with Crippen LogP contribution in [-0.4, -0.2) is 42.1 Å². The van der Waals surface area contributed by atoms with E-state index in [2.05, 4.69) is 6.07 Å². The van der Waals surface area contributed by atoms with Crippen LogP contribution >= 0.6 is 11.6 Å². The summed E-state index contributed by atoms with van der Waals surface area (Å²) in [5.41, 5.74) is 1.89. The second-order valence-electron chi connectivity index (χ2n) is 6.41. The summed E-state index contributed by atoms with van der Waals surface area (Å²) in [5.74, 6) is 0.519. The van der Waals surface area contributed by atoms with Gasteiger partial charge in [0, 0.05) is 29.7 Å². The smallest absolute Gasteiger partial charge is 0.242 e. The summed E-state index contributed by atoms with van der Waals surface area (Å²) < 4.78 is 0. The van der Waals surface area contributed by atoms with Gasteiger partial charge in [-0.05, 0) is 42.3 Å². The molecular weight excluding hydrogens is 350 g/mol. The van der Waals surface area contributed by atoms with Gasteiger partial charge in [0.25, 0.3) is 0 Å². The number of phenols is 1. The number of aromatic hydroxyl groups is 1. The summed E-state index contributed by atoms with van der Waals surface area (Å²) in [6.07, 6.45) is 0.895. The molecule has 1 aliphatic heterocycles. The molecule has 134 valence electrons. The minimum absolute atomic E-state index is 0.00139. The average molecular weight is 370 g/mol. The number of nitrogens with zero attached hydrogens (tertiary/aromatic N) is 3. The third-order valence-electron chi connectivity index (χ3n) is 4.67. The Labute approximate surface area is 158 Å². The highest BCUT2D eigenvalue weighted by Crippen LogP contribution is 2.28. The maximum Gasteiger partial charge on any atom is 0.242 e. The Morgan fingerprint density at radius 2 is 2.08 bits per heavy atom. The van der Waals surface area contributed by atoms with Crippen molar-refractivity contribution in [3.63, 3.8) is 0 Å². The zero-order valence-corrected chi connectivity index (χ0v) is 15.1. The number of carbonyl (C=O) groups excluding carboxylic acids is 1. The second-order valence-corrected chi connectivity index (χ2v) is 6.85. The molecule has 1 saturated heterocycles. The molecule has 1 atom stereocenters. The van der Waals surface area contributed by atoms with Gasteiger partial charge in [-0.15, -0.1) is 0 Å². The van der Waals surface area contributed by atoms with Gasteiger partial charge in [0.2, 0.25) is 5.91 Å². The van der Waals surface area contributed by atoms with E-state index in [-0.39, 0.29) is 30.7 Å². The normalized spacial score (nSPS) is 16.3. The van der Waals surface area contributed by atoms with Gasteiger partial charge in [-0.25, -0.2) is 0 Å². The molecule has 2 aromatic rings. The van der Waals surface area contributed by atoms with Crippen molar-refractivity contribution in [3.8, 4) is 11.8 Å². The van der Waals surface area contributed by atoms with Gasteiger partial charge in [-0.1, -0.05) is 29.8 Å². The number of nitriles is 1. The standard InChI is InChI=1S/C20H20ClN3O2/c21-17-2-1-3-18(12-17)23(11-9-22)14-20(26)24-10-8-16(13-24)15-4-6-19(25)7-5-15/h1-7,12,16,25H,8,10-11,13-14H2. The number of amides is 1. The second kappa shape index (κ2) is 8.11. The molecular formula is C20H20ClN3O2. The Bertz CT molecular complexity index is 817. The van der Waals surface area contributed by atoms with Crippen molar-refractivity contribution in [1.82, 2.24) is 4.90 Å². The van der Waals surface area contributed by atoms with Crippen LogP contribution < -0.4 is 4.90 Å². The number of hydrogen-bond acceptors (Lipinski definition) is 4. The quantitative estimate of drug-likeness (QED) is 0.820. The van der Waals surface area contributed by atoms with Crippen LogP contribution in [-0.2, 0) is 4.79 Å². The van der Waals surface area contributed by atoms with E-state index in [0.717, 1.165) is 17.7 Å². The Morgan fingerprint density at radius 3 is 2.77 bits per heavy atom. The van der Waals surface area contributed by atoms with Crippen LogP contribution in [0.4, 0.5) is 5.69 Å². The monoisotopic (exact) mass is 369 g/mol. The van der Waals surface area contributed by atoms with Crippen molar-refractivity contribution in [3.05, 3.63) is 59.1 Å². The van der Waals surface area contributed by atoms with Crippen LogP contribution in [0.15, 0.2) is 48.5 Å². The number of hydrogen-bond donors (Lipinski definition) is 1. The number of carbonyl (C=O) groups is 1. The fourth-order valence-electron chi connectivity index (χ4n) is 3.27. The molecule has 1 aliphatic rings. The van der Waals surface area contributed by atoms with Crippen molar-refractivity contribution in [2.45, 2.75) is 12.3 Å². The van der Waals surface area contributed by atoms with Gasteiger partial charge in [0.1, 0.15) is 12.3 Å². The molecule has 0 aromatic heterocycles. The number of phenolic OH excluding ortho intramolecular Hbond substituents is 1. The van der Waals surface area contributed by atoms with Gasteiger partial charge in [0.05, 0.1) is 12.6 Å². The summed E-state index contributed by atoms with van der Waals surface area (Å²) in [6, 6.07) is 16.4. The van der Waals surface area contributed by atoms with Crippen LogP contribution in [0, 0.1) is 11.3 Å². The summed E-state index contributed by atoms with van der Waals surface area (Å²) in [7, 11) is 0. The van der Waals surface area contributed by atoms with Gasteiger partial charge in [0.15, 0.2) is 0 Å². The van der Waals surface area contributed by atoms with E-state index in [9.17, 15) is 9.90 Å². The Balaban J connectivity index is 1.65. The molecule has 0 radical (unpaired) electrons. The molecule has 6 heteroatoms. The molecule has 0 spiro atoms. The maximum absolute atomic E-state index is 12.7. The van der Waals surface area contributed by atoms with E-state index in [4.69, 9.17) is 16.9 Å². The first-order valence-electron chi connectivity index (χ1n) is 8.51. The highest BCUT2D eigenvalue weighted by atomic mass is 35.5. The summed E-state index contributed by atoms with van der Waals surface area (Å²) in [4.78, 5) is 16.3. The molecule has 5 nitrogen and oxygen atoms in total. The predicted molar refractivity (Wildman–Crippen MR) is 101 cm³/mol. The topological polar surface area (TPSA) is 67.6 Å². The number of benzene rings is 2. The molecule has 1 unspecified atom stereocenters. The lowest BCUT2D eigenvalue weighted by molar-refractivity contribution is -0.128. The lowest BCUT2D eigenvalue weighted by atomic mass is 9.98. The zero-order valence-electron chi connectivity index (χ0n) is 14.3. The number of anilines is 1. The summed E-state index contributed by atoms with van der Waals surface area (Å²) in [6.45, 7) is 1.62. The fourth-order valence-corrected chi connectivity index (χ4v) is 3.45. The van der Waals surface area contributed by atoms with E-state index < -0.39 is 0 Å². The lowest BCUT2D eigenvalue weighted by Crippen LogP contribution is -2.39. The molecule has 3 rings (SSSR count). The number of rotatable bonds is 5. The van der Waals surface area contributed by atoms with Crippen molar-refractivity contribution in [2.75, 3.05) is 31.1 Å². The summed E-state index contributed by atoms with van der Waals surface area (Å²) in [5, 5.41) is 19.1. The molecule has 1 amide bonds. The molecule has 0 aliphatic carbocycles. The predicted octanol–water partition coefficient (Wildman–Crippen LogP) is 3.39. The SMILES string of the molecule is N#CCN(CC(=O)N1CCC(c2ccc(O)cc2)C1)c1cccc(Cl)c1. The molecule has 0 saturated carbocycles. The molecule has 26 heavy (non-hydrogen) atoms. The molecule has 1 fully saturated rings. The minimum Gasteiger partial charge on any atom is -0.508 e. The van der Waals surface area contributed by atoms with Crippen molar-refractivity contribution < 1.29 is 9.90 Å². The number of likely N-dealkylation sites (tertiary alicyclic amines) is 1. The van der Waals surface area contributed by atoms with E-state index in [1.165, 1.54) is 0 Å². The maximum atomic E-state index is 12.7. The van der Waals surface area contributed by atoms with E-state index >= 15 is 0 Å². The van der Waals surface area contributed by atoms with Crippen LogP contribution in [0.1, 0.15) is 17.9 Å². The van der Waals surface area contributed by atoms with Crippen LogP contribution in [0.5, 0.6) is 5.75 Å². The first-order valence-corrected chi connectivity index (χ1v) is 8.89. The highest BCUT2D eigenvalue weighted by Gasteiger charge is 2.28. The van der Waals surface area contributed by atoms with E-state index in [1.54, 1.807) is 29.2 Å². The largest absolute Gasteiger partial charge is 0.508 e. The van der Waals surface area contributed by atoms with E-state index in [0.29, 0.717) is 18.1 Å². The first-order chi connectivity index (χ1) is 12.6. The van der Waals surface area contributed by atoms with E-state index in [1.807, 2.05) is 29.2 Å². The van der Waals surface area contributed by atoms with Gasteiger partial charge >= 0.3 is 0 Å². The van der Waals surface area contributed by atoms with Crippen LogP contribution in [0.2, 0.25) is 5.02 Å².